The van der Waals surface area contributed by atoms with Gasteiger partial charge in [0, 0.05) is 18.1 Å². The predicted molar refractivity (Wildman–Crippen MR) is 74.4 cm³/mol. The van der Waals surface area contributed by atoms with Gasteiger partial charge >= 0.3 is 0 Å². The molecule has 1 heterocycles. The third kappa shape index (κ3) is 2.95. The quantitative estimate of drug-likeness (QED) is 0.753. The fraction of sp³-hybridized carbons (Fsp3) is 0.455. The van der Waals surface area contributed by atoms with E-state index in [1.165, 1.54) is 23.5 Å². The summed E-state index contributed by atoms with van der Waals surface area (Å²) < 4.78 is 37.1. The van der Waals surface area contributed by atoms with Gasteiger partial charge in [-0.3, -0.25) is 0 Å². The van der Waals surface area contributed by atoms with E-state index in [4.69, 9.17) is 21.1 Å². The highest BCUT2D eigenvalue weighted by molar-refractivity contribution is 7.89. The first-order valence-corrected chi connectivity index (χ1v) is 7.68. The van der Waals surface area contributed by atoms with Crippen LogP contribution in [0.1, 0.15) is 0 Å². The summed E-state index contributed by atoms with van der Waals surface area (Å²) in [6.45, 7) is 0.584. The van der Waals surface area contributed by atoms with Gasteiger partial charge in [0.15, 0.2) is 0 Å². The molecule has 0 aromatic heterocycles. The van der Waals surface area contributed by atoms with Crippen molar-refractivity contribution in [3.8, 4) is 0 Å². The third-order valence-electron chi connectivity index (χ3n) is 3.00. The minimum Gasteiger partial charge on any atom is -0.376 e. The van der Waals surface area contributed by atoms with Crippen molar-refractivity contribution in [2.75, 3.05) is 20.3 Å². The van der Waals surface area contributed by atoms with Gasteiger partial charge in [-0.05, 0) is 24.3 Å². The molecule has 8 heteroatoms. The Morgan fingerprint density at radius 3 is 2.58 bits per heavy atom. The lowest BCUT2D eigenvalue weighted by Crippen LogP contribution is -2.55. The van der Waals surface area contributed by atoms with E-state index >= 15 is 0 Å². The molecule has 1 fully saturated rings. The van der Waals surface area contributed by atoms with Gasteiger partial charge < -0.3 is 9.47 Å². The van der Waals surface area contributed by atoms with Crippen LogP contribution in [0.5, 0.6) is 0 Å². The maximum Gasteiger partial charge on any atom is 0.244 e. The summed E-state index contributed by atoms with van der Waals surface area (Å²) in [6.07, 6.45) is -0.607. The molecule has 1 aromatic rings. The zero-order chi connectivity index (χ0) is 14.0. The van der Waals surface area contributed by atoms with E-state index in [-0.39, 0.29) is 17.4 Å². The third-order valence-corrected chi connectivity index (χ3v) is 5.27. The van der Waals surface area contributed by atoms with Gasteiger partial charge in [-0.15, -0.1) is 0 Å². The molecule has 0 radical (unpaired) electrons. The number of halogens is 1. The standard InChI is InChI=1S/C11H15BClNO4S/c1-17-11-7-18-6-10(12)14(11)19(15,16)9-4-2-8(13)3-5-9/h2-5,10-11H,6-7,12H2,1H3/t10-,11-/m1/s1. The highest BCUT2D eigenvalue weighted by atomic mass is 35.5. The van der Waals surface area contributed by atoms with Crippen LogP contribution in [0.3, 0.4) is 0 Å². The second kappa shape index (κ2) is 5.81. The minimum absolute atomic E-state index is 0.202. The number of morpholine rings is 1. The van der Waals surface area contributed by atoms with Crippen LogP contribution in [0.2, 0.25) is 5.02 Å². The van der Waals surface area contributed by atoms with Crippen molar-refractivity contribution < 1.29 is 17.9 Å². The first-order chi connectivity index (χ1) is 8.96. The number of hydrogen-bond acceptors (Lipinski definition) is 4. The van der Waals surface area contributed by atoms with Crippen molar-refractivity contribution in [1.82, 2.24) is 4.31 Å². The molecular weight excluding hydrogens is 288 g/mol. The predicted octanol–water partition coefficient (Wildman–Crippen LogP) is 0.293. The van der Waals surface area contributed by atoms with Gasteiger partial charge in [0.2, 0.25) is 10.0 Å². The van der Waals surface area contributed by atoms with Gasteiger partial charge in [-0.1, -0.05) is 11.6 Å². The number of rotatable bonds is 3. The van der Waals surface area contributed by atoms with Gasteiger partial charge in [0.1, 0.15) is 14.1 Å². The maximum atomic E-state index is 12.6. The molecule has 0 aliphatic carbocycles. The molecule has 5 nitrogen and oxygen atoms in total. The molecule has 1 aliphatic rings. The van der Waals surface area contributed by atoms with Crippen LogP contribution >= 0.6 is 11.6 Å². The highest BCUT2D eigenvalue weighted by Gasteiger charge is 2.38. The molecule has 0 amide bonds. The topological polar surface area (TPSA) is 55.8 Å². The Morgan fingerprint density at radius 1 is 1.37 bits per heavy atom. The summed E-state index contributed by atoms with van der Waals surface area (Å²) in [5.74, 6) is -0.278. The fourth-order valence-corrected chi connectivity index (χ4v) is 3.90. The highest BCUT2D eigenvalue weighted by Crippen LogP contribution is 2.24. The lowest BCUT2D eigenvalue weighted by molar-refractivity contribution is -0.0967. The van der Waals surface area contributed by atoms with Gasteiger partial charge in [0.05, 0.1) is 18.1 Å². The van der Waals surface area contributed by atoms with Crippen molar-refractivity contribution in [3.05, 3.63) is 29.3 Å². The van der Waals surface area contributed by atoms with Gasteiger partial charge in [-0.2, -0.15) is 4.31 Å². The lowest BCUT2D eigenvalue weighted by atomic mass is 9.96. The molecule has 1 aliphatic heterocycles. The van der Waals surface area contributed by atoms with Crippen LogP contribution in [0, 0.1) is 0 Å². The van der Waals surface area contributed by atoms with E-state index in [9.17, 15) is 8.42 Å². The van der Waals surface area contributed by atoms with E-state index < -0.39 is 16.3 Å². The zero-order valence-electron chi connectivity index (χ0n) is 10.7. The molecule has 2 rings (SSSR count). The molecule has 0 spiro atoms. The van der Waals surface area contributed by atoms with Crippen molar-refractivity contribution in [2.24, 2.45) is 0 Å². The number of hydrogen-bond donors (Lipinski definition) is 0. The summed E-state index contributed by atoms with van der Waals surface area (Å²) in [5, 5.41) is 0.497. The smallest absolute Gasteiger partial charge is 0.244 e. The summed E-state index contributed by atoms with van der Waals surface area (Å²) in [7, 11) is -0.361. The summed E-state index contributed by atoms with van der Waals surface area (Å²) in [4.78, 5) is 0.202. The van der Waals surface area contributed by atoms with Crippen LogP contribution in [0.15, 0.2) is 29.2 Å². The molecule has 2 atom stereocenters. The molecular formula is C11H15BClNO4S. The number of methoxy groups -OCH3 is 1. The molecule has 0 N–H and O–H groups in total. The number of sulfonamides is 1. The maximum absolute atomic E-state index is 12.6. The van der Waals surface area contributed by atoms with Gasteiger partial charge in [-0.25, -0.2) is 8.42 Å². The Balaban J connectivity index is 2.38. The lowest BCUT2D eigenvalue weighted by Gasteiger charge is -2.38. The average Bonchev–Trinajstić information content (AvgIpc) is 2.38. The van der Waals surface area contributed by atoms with Crippen molar-refractivity contribution in [1.29, 1.82) is 0 Å². The van der Waals surface area contributed by atoms with Crippen molar-refractivity contribution in [3.63, 3.8) is 0 Å². The molecule has 0 saturated carbocycles. The Hall–Kier alpha value is -0.595. The Bertz CT molecular complexity index is 536. The van der Waals surface area contributed by atoms with E-state index in [2.05, 4.69) is 0 Å². The minimum atomic E-state index is -3.62. The van der Waals surface area contributed by atoms with Crippen LogP contribution in [-0.4, -0.2) is 53.1 Å². The number of benzene rings is 1. The molecule has 0 bridgehead atoms. The van der Waals surface area contributed by atoms with E-state index in [0.29, 0.717) is 11.6 Å². The summed E-state index contributed by atoms with van der Waals surface area (Å²) >= 11 is 5.78. The second-order valence-corrected chi connectivity index (χ2v) is 6.65. The SMILES string of the molecule is B[C@H]1COC[C@@H](OC)N1S(=O)(=O)c1ccc(Cl)cc1. The van der Waals surface area contributed by atoms with E-state index in [1.54, 1.807) is 20.0 Å². The van der Waals surface area contributed by atoms with Crippen molar-refractivity contribution in [2.45, 2.75) is 17.1 Å². The Kier molecular flexibility index (Phi) is 4.52. The Labute approximate surface area is 118 Å². The van der Waals surface area contributed by atoms with Gasteiger partial charge in [0.25, 0.3) is 0 Å². The first kappa shape index (κ1) is 14.8. The second-order valence-electron chi connectivity index (χ2n) is 4.37. The summed E-state index contributed by atoms with van der Waals surface area (Å²) in [6, 6.07) is 6.10. The molecule has 104 valence electrons. The molecule has 0 unspecified atom stereocenters. The summed E-state index contributed by atoms with van der Waals surface area (Å²) in [5.41, 5.74) is 0. The molecule has 19 heavy (non-hydrogen) atoms. The van der Waals surface area contributed by atoms with E-state index in [0.717, 1.165) is 0 Å². The zero-order valence-corrected chi connectivity index (χ0v) is 12.3. The normalized spacial score (nSPS) is 25.4. The average molecular weight is 304 g/mol. The monoisotopic (exact) mass is 303 g/mol. The number of ether oxygens (including phenoxy) is 2. The Morgan fingerprint density at radius 2 is 2.00 bits per heavy atom. The largest absolute Gasteiger partial charge is 0.376 e. The fourth-order valence-electron chi connectivity index (χ4n) is 2.06. The van der Waals surface area contributed by atoms with Crippen LogP contribution in [-0.2, 0) is 19.5 Å². The first-order valence-electron chi connectivity index (χ1n) is 5.86. The van der Waals surface area contributed by atoms with Crippen LogP contribution < -0.4 is 0 Å². The number of nitrogens with zero attached hydrogens (tertiary/aromatic N) is 1. The van der Waals surface area contributed by atoms with Crippen LogP contribution in [0.4, 0.5) is 0 Å². The molecule has 1 aromatic carbocycles. The van der Waals surface area contributed by atoms with Crippen LogP contribution in [0.25, 0.3) is 0 Å². The van der Waals surface area contributed by atoms with E-state index in [1.807, 2.05) is 0 Å². The van der Waals surface area contributed by atoms with Crippen molar-refractivity contribution >= 4 is 29.5 Å². The molecule has 1 saturated heterocycles.